The molecule has 0 atom stereocenters. The summed E-state index contributed by atoms with van der Waals surface area (Å²) in [5, 5.41) is 3.24. The average Bonchev–Trinajstić information content (AvgIpc) is 2.52. The van der Waals surface area contributed by atoms with E-state index < -0.39 is 0 Å². The second-order valence-corrected chi connectivity index (χ2v) is 6.23. The number of rotatable bonds is 3. The molecule has 5 nitrogen and oxygen atoms in total. The molecule has 1 amide bonds. The first-order valence-electron chi connectivity index (χ1n) is 8.01. The maximum Gasteiger partial charge on any atom is 0.272 e. The third-order valence-corrected chi connectivity index (χ3v) is 3.91. The Morgan fingerprint density at radius 3 is 2.70 bits per heavy atom. The van der Waals surface area contributed by atoms with Gasteiger partial charge in [-0.25, -0.2) is 9.97 Å². The SMILES string of the molecule is Cc1nc(NC(C)C)cc(C(=O)N2CCc3ccccc3C2)n1. The van der Waals surface area contributed by atoms with Gasteiger partial charge in [0.1, 0.15) is 17.3 Å². The van der Waals surface area contributed by atoms with E-state index in [4.69, 9.17) is 0 Å². The second-order valence-electron chi connectivity index (χ2n) is 6.23. The van der Waals surface area contributed by atoms with Crippen molar-refractivity contribution in [2.75, 3.05) is 11.9 Å². The molecule has 23 heavy (non-hydrogen) atoms. The number of hydrogen-bond acceptors (Lipinski definition) is 4. The van der Waals surface area contributed by atoms with Crippen molar-refractivity contribution in [3.63, 3.8) is 0 Å². The topological polar surface area (TPSA) is 58.1 Å². The van der Waals surface area contributed by atoms with E-state index in [0.29, 0.717) is 23.9 Å². The number of nitrogens with one attached hydrogen (secondary N) is 1. The van der Waals surface area contributed by atoms with Crippen LogP contribution in [0.25, 0.3) is 0 Å². The Morgan fingerprint density at radius 2 is 1.96 bits per heavy atom. The highest BCUT2D eigenvalue weighted by molar-refractivity contribution is 5.93. The van der Waals surface area contributed by atoms with E-state index in [1.165, 1.54) is 11.1 Å². The molecule has 120 valence electrons. The van der Waals surface area contributed by atoms with Gasteiger partial charge in [-0.15, -0.1) is 0 Å². The first-order valence-corrected chi connectivity index (χ1v) is 8.01. The van der Waals surface area contributed by atoms with Gasteiger partial charge in [0.2, 0.25) is 0 Å². The lowest BCUT2D eigenvalue weighted by Gasteiger charge is -2.28. The summed E-state index contributed by atoms with van der Waals surface area (Å²) in [5.74, 6) is 1.28. The minimum atomic E-state index is -0.0307. The molecule has 0 radical (unpaired) electrons. The summed E-state index contributed by atoms with van der Waals surface area (Å²) >= 11 is 0. The first-order chi connectivity index (χ1) is 11.0. The molecular formula is C18H22N4O. The molecule has 2 aromatic rings. The molecule has 1 aromatic carbocycles. The van der Waals surface area contributed by atoms with Crippen molar-refractivity contribution < 1.29 is 4.79 Å². The van der Waals surface area contributed by atoms with Gasteiger partial charge >= 0.3 is 0 Å². The molecule has 1 aromatic heterocycles. The van der Waals surface area contributed by atoms with Crippen LogP contribution >= 0.6 is 0 Å². The predicted molar refractivity (Wildman–Crippen MR) is 90.4 cm³/mol. The number of fused-ring (bicyclic) bond motifs is 1. The van der Waals surface area contributed by atoms with Gasteiger partial charge in [0.25, 0.3) is 5.91 Å². The van der Waals surface area contributed by atoms with Gasteiger partial charge in [-0.2, -0.15) is 0 Å². The minimum absolute atomic E-state index is 0.0307. The van der Waals surface area contributed by atoms with Gasteiger partial charge in [-0.3, -0.25) is 4.79 Å². The standard InChI is InChI=1S/C18H22N4O/c1-12(2)19-17-10-16(20-13(3)21-17)18(23)22-9-8-14-6-4-5-7-15(14)11-22/h4-7,10,12H,8-9,11H2,1-3H3,(H,19,20,21). The molecule has 0 unspecified atom stereocenters. The Morgan fingerprint density at radius 1 is 1.22 bits per heavy atom. The molecule has 2 heterocycles. The third-order valence-electron chi connectivity index (χ3n) is 3.91. The summed E-state index contributed by atoms with van der Waals surface area (Å²) in [6, 6.07) is 10.3. The van der Waals surface area contributed by atoms with Crippen molar-refractivity contribution in [3.8, 4) is 0 Å². The van der Waals surface area contributed by atoms with Gasteiger partial charge in [0, 0.05) is 25.2 Å². The lowest BCUT2D eigenvalue weighted by Crippen LogP contribution is -2.36. The van der Waals surface area contributed by atoms with E-state index >= 15 is 0 Å². The molecular weight excluding hydrogens is 288 g/mol. The molecule has 1 aliphatic rings. The van der Waals surface area contributed by atoms with Crippen LogP contribution in [0.15, 0.2) is 30.3 Å². The number of aryl methyl sites for hydroxylation is 1. The smallest absolute Gasteiger partial charge is 0.272 e. The maximum absolute atomic E-state index is 12.8. The number of carbonyl (C=O) groups excluding carboxylic acids is 1. The molecule has 0 fully saturated rings. The lowest BCUT2D eigenvalue weighted by molar-refractivity contribution is 0.0728. The van der Waals surface area contributed by atoms with Crippen LogP contribution in [-0.2, 0) is 13.0 Å². The highest BCUT2D eigenvalue weighted by Crippen LogP contribution is 2.20. The van der Waals surface area contributed by atoms with Crippen molar-refractivity contribution in [1.29, 1.82) is 0 Å². The number of amides is 1. The van der Waals surface area contributed by atoms with Gasteiger partial charge in [-0.05, 0) is 38.3 Å². The van der Waals surface area contributed by atoms with Crippen molar-refractivity contribution in [2.24, 2.45) is 0 Å². The maximum atomic E-state index is 12.8. The van der Waals surface area contributed by atoms with E-state index in [0.717, 1.165) is 13.0 Å². The van der Waals surface area contributed by atoms with Crippen LogP contribution in [0.3, 0.4) is 0 Å². The van der Waals surface area contributed by atoms with E-state index in [1.54, 1.807) is 6.07 Å². The number of benzene rings is 1. The molecule has 5 heteroatoms. The average molecular weight is 310 g/mol. The molecule has 0 spiro atoms. The lowest BCUT2D eigenvalue weighted by atomic mass is 10.00. The van der Waals surface area contributed by atoms with Gasteiger partial charge in [0.05, 0.1) is 0 Å². The van der Waals surface area contributed by atoms with Crippen molar-refractivity contribution in [2.45, 2.75) is 39.8 Å². The van der Waals surface area contributed by atoms with E-state index in [1.807, 2.05) is 37.8 Å². The van der Waals surface area contributed by atoms with Gasteiger partial charge < -0.3 is 10.2 Å². The number of aromatic nitrogens is 2. The normalized spacial score (nSPS) is 13.8. The summed E-state index contributed by atoms with van der Waals surface area (Å²) in [5.41, 5.74) is 3.01. The fourth-order valence-electron chi connectivity index (χ4n) is 2.88. The molecule has 3 rings (SSSR count). The molecule has 1 N–H and O–H groups in total. The highest BCUT2D eigenvalue weighted by Gasteiger charge is 2.23. The zero-order chi connectivity index (χ0) is 16.4. The van der Waals surface area contributed by atoms with Crippen molar-refractivity contribution in [1.82, 2.24) is 14.9 Å². The Bertz CT molecular complexity index is 727. The number of nitrogens with zero attached hydrogens (tertiary/aromatic N) is 3. The number of carbonyl (C=O) groups is 1. The number of anilines is 1. The Kier molecular flexibility index (Phi) is 4.28. The van der Waals surface area contributed by atoms with Crippen LogP contribution in [0, 0.1) is 6.92 Å². The molecule has 0 saturated heterocycles. The molecule has 0 bridgehead atoms. The largest absolute Gasteiger partial charge is 0.368 e. The first kappa shape index (κ1) is 15.5. The van der Waals surface area contributed by atoms with Gasteiger partial charge in [-0.1, -0.05) is 24.3 Å². The van der Waals surface area contributed by atoms with Crippen LogP contribution in [0.5, 0.6) is 0 Å². The second kappa shape index (κ2) is 6.36. The molecule has 0 saturated carbocycles. The summed E-state index contributed by atoms with van der Waals surface area (Å²) < 4.78 is 0. The Labute approximate surface area is 136 Å². The summed E-state index contributed by atoms with van der Waals surface area (Å²) in [4.78, 5) is 23.3. The summed E-state index contributed by atoms with van der Waals surface area (Å²) in [6.45, 7) is 7.27. The van der Waals surface area contributed by atoms with Gasteiger partial charge in [0.15, 0.2) is 0 Å². The van der Waals surface area contributed by atoms with Crippen LogP contribution in [0.1, 0.15) is 41.3 Å². The van der Waals surface area contributed by atoms with E-state index in [-0.39, 0.29) is 11.9 Å². The van der Waals surface area contributed by atoms with Crippen LogP contribution in [0.2, 0.25) is 0 Å². The summed E-state index contributed by atoms with van der Waals surface area (Å²) in [6.07, 6.45) is 0.892. The molecule has 1 aliphatic heterocycles. The third kappa shape index (κ3) is 3.50. The quantitative estimate of drug-likeness (QED) is 0.947. The Hall–Kier alpha value is -2.43. The number of hydrogen-bond donors (Lipinski definition) is 1. The van der Waals surface area contributed by atoms with Crippen molar-refractivity contribution >= 4 is 11.7 Å². The minimum Gasteiger partial charge on any atom is -0.368 e. The fourth-order valence-corrected chi connectivity index (χ4v) is 2.88. The fraction of sp³-hybridized carbons (Fsp3) is 0.389. The van der Waals surface area contributed by atoms with Crippen LogP contribution < -0.4 is 5.32 Å². The predicted octanol–water partition coefficient (Wildman–Crippen LogP) is 2.80. The summed E-state index contributed by atoms with van der Waals surface area (Å²) in [7, 11) is 0. The van der Waals surface area contributed by atoms with E-state index in [2.05, 4.69) is 27.4 Å². The zero-order valence-electron chi connectivity index (χ0n) is 13.8. The monoisotopic (exact) mass is 310 g/mol. The van der Waals surface area contributed by atoms with E-state index in [9.17, 15) is 4.79 Å². The van der Waals surface area contributed by atoms with Crippen LogP contribution in [-0.4, -0.2) is 33.4 Å². The van der Waals surface area contributed by atoms with Crippen LogP contribution in [0.4, 0.5) is 5.82 Å². The Balaban J connectivity index is 1.82. The zero-order valence-corrected chi connectivity index (χ0v) is 13.8. The highest BCUT2D eigenvalue weighted by atomic mass is 16.2. The van der Waals surface area contributed by atoms with Crippen molar-refractivity contribution in [3.05, 3.63) is 53.0 Å². The molecule has 0 aliphatic carbocycles.